The highest BCUT2D eigenvalue weighted by Crippen LogP contribution is 2.27. The summed E-state index contributed by atoms with van der Waals surface area (Å²) in [5, 5.41) is 3.21. The molecule has 1 N–H and O–H groups in total. The average molecular weight is 233 g/mol. The number of hydrogen-bond acceptors (Lipinski definition) is 3. The van der Waals surface area contributed by atoms with Crippen LogP contribution in [0.5, 0.6) is 5.75 Å². The van der Waals surface area contributed by atoms with E-state index in [1.54, 1.807) is 0 Å². The van der Waals surface area contributed by atoms with E-state index in [0.29, 0.717) is 24.5 Å². The van der Waals surface area contributed by atoms with E-state index in [9.17, 15) is 4.79 Å². The SMILES string of the molecule is CCOc1ccccc1C(=O)CNCC1CC1. The molecule has 1 aliphatic carbocycles. The second-order valence-electron chi connectivity index (χ2n) is 4.43. The fourth-order valence-corrected chi connectivity index (χ4v) is 1.79. The van der Waals surface area contributed by atoms with Gasteiger partial charge in [0, 0.05) is 0 Å². The van der Waals surface area contributed by atoms with Gasteiger partial charge in [0.2, 0.25) is 0 Å². The molecular formula is C14H19NO2. The van der Waals surface area contributed by atoms with Crippen LogP contribution in [0.1, 0.15) is 30.1 Å². The highest BCUT2D eigenvalue weighted by molar-refractivity contribution is 6.00. The summed E-state index contributed by atoms with van der Waals surface area (Å²) in [5.74, 6) is 1.59. The standard InChI is InChI=1S/C14H19NO2/c1-2-17-14-6-4-3-5-12(14)13(16)10-15-9-11-7-8-11/h3-6,11,15H,2,7-10H2,1H3. The fourth-order valence-electron chi connectivity index (χ4n) is 1.79. The van der Waals surface area contributed by atoms with Crippen molar-refractivity contribution in [2.24, 2.45) is 5.92 Å². The third-order valence-electron chi connectivity index (χ3n) is 2.90. The zero-order chi connectivity index (χ0) is 12.1. The summed E-state index contributed by atoms with van der Waals surface area (Å²) in [6, 6.07) is 7.43. The van der Waals surface area contributed by atoms with E-state index >= 15 is 0 Å². The van der Waals surface area contributed by atoms with Crippen molar-refractivity contribution in [2.75, 3.05) is 19.7 Å². The van der Waals surface area contributed by atoms with Crippen molar-refractivity contribution in [1.29, 1.82) is 0 Å². The summed E-state index contributed by atoms with van der Waals surface area (Å²) in [6.45, 7) is 3.87. The maximum absolute atomic E-state index is 12.0. The molecule has 1 aliphatic rings. The van der Waals surface area contributed by atoms with Gasteiger partial charge in [-0.25, -0.2) is 0 Å². The lowest BCUT2D eigenvalue weighted by atomic mass is 10.1. The number of para-hydroxylation sites is 1. The van der Waals surface area contributed by atoms with E-state index in [0.717, 1.165) is 12.5 Å². The van der Waals surface area contributed by atoms with Crippen molar-refractivity contribution in [3.05, 3.63) is 29.8 Å². The van der Waals surface area contributed by atoms with Gasteiger partial charge >= 0.3 is 0 Å². The molecule has 0 aromatic heterocycles. The highest BCUT2D eigenvalue weighted by Gasteiger charge is 2.21. The Hall–Kier alpha value is -1.35. The topological polar surface area (TPSA) is 38.3 Å². The van der Waals surface area contributed by atoms with Crippen molar-refractivity contribution >= 4 is 5.78 Å². The molecule has 0 amide bonds. The minimum Gasteiger partial charge on any atom is -0.493 e. The lowest BCUT2D eigenvalue weighted by Gasteiger charge is -2.09. The average Bonchev–Trinajstić information content (AvgIpc) is 3.14. The molecule has 0 saturated heterocycles. The van der Waals surface area contributed by atoms with Gasteiger partial charge < -0.3 is 10.1 Å². The summed E-state index contributed by atoms with van der Waals surface area (Å²) in [4.78, 5) is 12.0. The van der Waals surface area contributed by atoms with Crippen molar-refractivity contribution in [2.45, 2.75) is 19.8 Å². The minimum absolute atomic E-state index is 0.106. The number of carbonyl (C=O) groups is 1. The molecule has 17 heavy (non-hydrogen) atoms. The molecule has 0 heterocycles. The quantitative estimate of drug-likeness (QED) is 0.734. The summed E-state index contributed by atoms with van der Waals surface area (Å²) < 4.78 is 5.45. The Kier molecular flexibility index (Phi) is 4.15. The molecule has 0 aliphatic heterocycles. The van der Waals surface area contributed by atoms with Crippen LogP contribution in [0.3, 0.4) is 0 Å². The number of hydrogen-bond donors (Lipinski definition) is 1. The van der Waals surface area contributed by atoms with Gasteiger partial charge in [0.05, 0.1) is 18.7 Å². The smallest absolute Gasteiger partial charge is 0.180 e. The van der Waals surface area contributed by atoms with Gasteiger partial charge in [-0.2, -0.15) is 0 Å². The molecule has 0 spiro atoms. The van der Waals surface area contributed by atoms with E-state index in [4.69, 9.17) is 4.74 Å². The second-order valence-corrected chi connectivity index (χ2v) is 4.43. The van der Waals surface area contributed by atoms with Crippen LogP contribution < -0.4 is 10.1 Å². The summed E-state index contributed by atoms with van der Waals surface area (Å²) in [6.07, 6.45) is 2.60. The molecule has 92 valence electrons. The summed E-state index contributed by atoms with van der Waals surface area (Å²) in [5.41, 5.74) is 0.678. The van der Waals surface area contributed by atoms with Gasteiger partial charge in [-0.3, -0.25) is 4.79 Å². The van der Waals surface area contributed by atoms with E-state index in [-0.39, 0.29) is 5.78 Å². The second kappa shape index (κ2) is 5.82. The van der Waals surface area contributed by atoms with Crippen molar-refractivity contribution in [3.8, 4) is 5.75 Å². The maximum Gasteiger partial charge on any atom is 0.180 e. The lowest BCUT2D eigenvalue weighted by molar-refractivity contribution is 0.0987. The molecule has 1 saturated carbocycles. The zero-order valence-electron chi connectivity index (χ0n) is 10.2. The van der Waals surface area contributed by atoms with Gasteiger partial charge in [0.15, 0.2) is 5.78 Å². The zero-order valence-corrected chi connectivity index (χ0v) is 10.2. The lowest BCUT2D eigenvalue weighted by Crippen LogP contribution is -2.25. The van der Waals surface area contributed by atoms with Crippen LogP contribution >= 0.6 is 0 Å². The molecule has 0 bridgehead atoms. The van der Waals surface area contributed by atoms with E-state index < -0.39 is 0 Å². The van der Waals surface area contributed by atoms with Crippen LogP contribution in [0.15, 0.2) is 24.3 Å². The van der Waals surface area contributed by atoms with Gasteiger partial charge in [0.1, 0.15) is 5.75 Å². The minimum atomic E-state index is 0.106. The number of ketones is 1. The first-order valence-corrected chi connectivity index (χ1v) is 6.27. The van der Waals surface area contributed by atoms with Gasteiger partial charge in [-0.1, -0.05) is 12.1 Å². The van der Waals surface area contributed by atoms with Gasteiger partial charge in [-0.05, 0) is 44.4 Å². The summed E-state index contributed by atoms with van der Waals surface area (Å²) >= 11 is 0. The molecule has 1 fully saturated rings. The molecule has 0 radical (unpaired) electrons. The third kappa shape index (κ3) is 3.56. The number of ether oxygens (including phenoxy) is 1. The van der Waals surface area contributed by atoms with E-state index in [1.807, 2.05) is 31.2 Å². The molecule has 1 aromatic rings. The predicted octanol–water partition coefficient (Wildman–Crippen LogP) is 2.27. The normalized spacial score (nSPS) is 14.6. The van der Waals surface area contributed by atoms with E-state index in [1.165, 1.54) is 12.8 Å². The number of Topliss-reactive ketones (excluding diaryl/α,β-unsaturated/α-hetero) is 1. The third-order valence-corrected chi connectivity index (χ3v) is 2.90. The van der Waals surface area contributed by atoms with Crippen LogP contribution in [0, 0.1) is 5.92 Å². The Morgan fingerprint density at radius 1 is 1.41 bits per heavy atom. The summed E-state index contributed by atoms with van der Waals surface area (Å²) in [7, 11) is 0. The Morgan fingerprint density at radius 3 is 2.88 bits per heavy atom. The Morgan fingerprint density at radius 2 is 2.18 bits per heavy atom. The monoisotopic (exact) mass is 233 g/mol. The van der Waals surface area contributed by atoms with Crippen LogP contribution in [0.4, 0.5) is 0 Å². The van der Waals surface area contributed by atoms with Crippen molar-refractivity contribution < 1.29 is 9.53 Å². The first kappa shape index (κ1) is 12.1. The first-order valence-electron chi connectivity index (χ1n) is 6.27. The highest BCUT2D eigenvalue weighted by atomic mass is 16.5. The number of rotatable bonds is 7. The van der Waals surface area contributed by atoms with Crippen molar-refractivity contribution in [3.63, 3.8) is 0 Å². The molecule has 3 nitrogen and oxygen atoms in total. The van der Waals surface area contributed by atoms with Crippen LogP contribution in [0.25, 0.3) is 0 Å². The molecule has 0 atom stereocenters. The predicted molar refractivity (Wildman–Crippen MR) is 67.5 cm³/mol. The first-order chi connectivity index (χ1) is 8.31. The Labute approximate surface area is 102 Å². The van der Waals surface area contributed by atoms with Crippen LogP contribution in [-0.4, -0.2) is 25.5 Å². The Bertz CT molecular complexity index is 386. The molecule has 0 unspecified atom stereocenters. The maximum atomic E-state index is 12.0. The van der Waals surface area contributed by atoms with E-state index in [2.05, 4.69) is 5.32 Å². The molecular weight excluding hydrogens is 214 g/mol. The number of benzene rings is 1. The van der Waals surface area contributed by atoms with Crippen LogP contribution in [-0.2, 0) is 0 Å². The van der Waals surface area contributed by atoms with Crippen LogP contribution in [0.2, 0.25) is 0 Å². The van der Waals surface area contributed by atoms with Gasteiger partial charge in [0.25, 0.3) is 0 Å². The fraction of sp³-hybridized carbons (Fsp3) is 0.500. The van der Waals surface area contributed by atoms with Gasteiger partial charge in [-0.15, -0.1) is 0 Å². The number of nitrogens with one attached hydrogen (secondary N) is 1. The Balaban J connectivity index is 1.91. The largest absolute Gasteiger partial charge is 0.493 e. The molecule has 3 heteroatoms. The number of carbonyl (C=O) groups excluding carboxylic acids is 1. The van der Waals surface area contributed by atoms with Crippen molar-refractivity contribution in [1.82, 2.24) is 5.32 Å². The molecule has 1 aromatic carbocycles. The molecule has 2 rings (SSSR count).